The van der Waals surface area contributed by atoms with Gasteiger partial charge in [0, 0.05) is 12.6 Å². The second-order valence-corrected chi connectivity index (χ2v) is 7.56. The zero-order valence-electron chi connectivity index (χ0n) is 17.7. The summed E-state index contributed by atoms with van der Waals surface area (Å²) in [5, 5.41) is 3.00. The molecule has 0 aliphatic carbocycles. The van der Waals surface area contributed by atoms with E-state index in [0.29, 0.717) is 13.0 Å². The van der Waals surface area contributed by atoms with E-state index in [9.17, 15) is 14.0 Å². The minimum atomic E-state index is -0.558. The maximum absolute atomic E-state index is 13.2. The normalized spacial score (nSPS) is 12.9. The largest absolute Gasteiger partial charge is 0.352 e. The fourth-order valence-electron chi connectivity index (χ4n) is 3.25. The number of nitrogens with one attached hydrogen (secondary N) is 1. The lowest BCUT2D eigenvalue weighted by atomic mass is 10.1. The van der Waals surface area contributed by atoms with E-state index in [1.165, 1.54) is 12.1 Å². The number of carbonyl (C=O) groups is 2. The van der Waals surface area contributed by atoms with E-state index in [2.05, 4.69) is 5.32 Å². The van der Waals surface area contributed by atoms with Crippen molar-refractivity contribution in [2.24, 2.45) is 0 Å². The summed E-state index contributed by atoms with van der Waals surface area (Å²) >= 11 is 0. The molecule has 1 N–H and O–H groups in total. The minimum absolute atomic E-state index is 0.0459. The summed E-state index contributed by atoms with van der Waals surface area (Å²) in [7, 11) is 0. The van der Waals surface area contributed by atoms with Gasteiger partial charge in [0.1, 0.15) is 11.9 Å². The molecule has 0 saturated carbocycles. The Morgan fingerprint density at radius 2 is 1.72 bits per heavy atom. The SMILES string of the molecule is CC[C@@H](C)NC(=O)[C@@H](CC)N(Cc1cccc(C)c1)C(=O)Cc1ccc(F)cc1. The van der Waals surface area contributed by atoms with E-state index >= 15 is 0 Å². The van der Waals surface area contributed by atoms with Gasteiger partial charge in [-0.3, -0.25) is 9.59 Å². The molecule has 0 unspecified atom stereocenters. The highest BCUT2D eigenvalue weighted by molar-refractivity contribution is 5.88. The van der Waals surface area contributed by atoms with E-state index in [1.807, 2.05) is 52.0 Å². The van der Waals surface area contributed by atoms with E-state index in [0.717, 1.165) is 23.1 Å². The van der Waals surface area contributed by atoms with Crippen LogP contribution in [-0.4, -0.2) is 28.8 Å². The molecule has 0 fully saturated rings. The van der Waals surface area contributed by atoms with E-state index in [1.54, 1.807) is 17.0 Å². The van der Waals surface area contributed by atoms with Crippen molar-refractivity contribution in [2.45, 2.75) is 65.6 Å². The van der Waals surface area contributed by atoms with Crippen molar-refractivity contribution in [2.75, 3.05) is 0 Å². The van der Waals surface area contributed by atoms with Crippen molar-refractivity contribution in [1.29, 1.82) is 0 Å². The van der Waals surface area contributed by atoms with E-state index < -0.39 is 6.04 Å². The summed E-state index contributed by atoms with van der Waals surface area (Å²) in [6.07, 6.45) is 1.46. The Balaban J connectivity index is 2.28. The first-order chi connectivity index (χ1) is 13.8. The van der Waals surface area contributed by atoms with Crippen LogP contribution in [0.1, 0.15) is 50.3 Å². The lowest BCUT2D eigenvalue weighted by Gasteiger charge is -2.31. The van der Waals surface area contributed by atoms with Gasteiger partial charge in [0.15, 0.2) is 0 Å². The second-order valence-electron chi connectivity index (χ2n) is 7.56. The molecule has 5 heteroatoms. The molecule has 2 amide bonds. The first kappa shape index (κ1) is 22.6. The van der Waals surface area contributed by atoms with Crippen LogP contribution in [0.15, 0.2) is 48.5 Å². The highest BCUT2D eigenvalue weighted by atomic mass is 19.1. The third-order valence-corrected chi connectivity index (χ3v) is 5.09. The number of hydrogen-bond donors (Lipinski definition) is 1. The molecule has 0 bridgehead atoms. The van der Waals surface area contributed by atoms with Gasteiger partial charge in [0.05, 0.1) is 6.42 Å². The van der Waals surface area contributed by atoms with Gasteiger partial charge in [-0.2, -0.15) is 0 Å². The third-order valence-electron chi connectivity index (χ3n) is 5.09. The van der Waals surface area contributed by atoms with Crippen LogP contribution in [0.3, 0.4) is 0 Å². The smallest absolute Gasteiger partial charge is 0.243 e. The van der Waals surface area contributed by atoms with Crippen LogP contribution < -0.4 is 5.32 Å². The number of hydrogen-bond acceptors (Lipinski definition) is 2. The minimum Gasteiger partial charge on any atom is -0.352 e. The molecule has 0 spiro atoms. The number of amides is 2. The summed E-state index contributed by atoms with van der Waals surface area (Å²) < 4.78 is 13.2. The molecule has 156 valence electrons. The van der Waals surface area contributed by atoms with Gasteiger partial charge in [-0.1, -0.05) is 55.8 Å². The number of aryl methyl sites for hydroxylation is 1. The first-order valence-electron chi connectivity index (χ1n) is 10.2. The van der Waals surface area contributed by atoms with Gasteiger partial charge in [0.25, 0.3) is 0 Å². The molecule has 4 nitrogen and oxygen atoms in total. The van der Waals surface area contributed by atoms with Crippen molar-refractivity contribution in [1.82, 2.24) is 10.2 Å². The lowest BCUT2D eigenvalue weighted by Crippen LogP contribution is -2.51. The molecular weight excluding hydrogens is 367 g/mol. The summed E-state index contributed by atoms with van der Waals surface area (Å²) in [4.78, 5) is 27.7. The van der Waals surface area contributed by atoms with Gasteiger partial charge in [-0.25, -0.2) is 4.39 Å². The summed E-state index contributed by atoms with van der Waals surface area (Å²) in [6, 6.07) is 13.3. The average Bonchev–Trinajstić information content (AvgIpc) is 2.69. The highest BCUT2D eigenvalue weighted by Crippen LogP contribution is 2.16. The molecule has 0 aliphatic rings. The monoisotopic (exact) mass is 398 g/mol. The predicted molar refractivity (Wildman–Crippen MR) is 114 cm³/mol. The standard InChI is InChI=1S/C24H31FN2O2/c1-5-18(4)26-24(29)22(6-2)27(16-20-9-7-8-17(3)14-20)23(28)15-19-10-12-21(25)13-11-19/h7-14,18,22H,5-6,15-16H2,1-4H3,(H,26,29)/t18-,22-/m1/s1. The van der Waals surface area contributed by atoms with Crippen molar-refractivity contribution in [3.63, 3.8) is 0 Å². The zero-order chi connectivity index (χ0) is 21.4. The molecule has 0 aliphatic heterocycles. The highest BCUT2D eigenvalue weighted by Gasteiger charge is 2.29. The van der Waals surface area contributed by atoms with Crippen LogP contribution in [0.4, 0.5) is 4.39 Å². The van der Waals surface area contributed by atoms with Gasteiger partial charge < -0.3 is 10.2 Å². The number of halogens is 1. The molecule has 2 atom stereocenters. The fraction of sp³-hybridized carbons (Fsp3) is 0.417. The van der Waals surface area contributed by atoms with E-state index in [4.69, 9.17) is 0 Å². The average molecular weight is 399 g/mol. The van der Waals surface area contributed by atoms with Gasteiger partial charge in [-0.15, -0.1) is 0 Å². The topological polar surface area (TPSA) is 49.4 Å². The van der Waals surface area contributed by atoms with Crippen molar-refractivity contribution in [3.8, 4) is 0 Å². The third kappa shape index (κ3) is 6.70. The maximum atomic E-state index is 13.2. The number of nitrogens with zero attached hydrogens (tertiary/aromatic N) is 1. The Labute approximate surface area is 173 Å². The molecule has 0 radical (unpaired) electrons. The molecule has 29 heavy (non-hydrogen) atoms. The summed E-state index contributed by atoms with van der Waals surface area (Å²) in [6.45, 7) is 8.23. The van der Waals surface area contributed by atoms with Crippen molar-refractivity contribution >= 4 is 11.8 Å². The van der Waals surface area contributed by atoms with Gasteiger partial charge >= 0.3 is 0 Å². The van der Waals surface area contributed by atoms with Crippen LogP contribution >= 0.6 is 0 Å². The number of rotatable bonds is 9. The Bertz CT molecular complexity index is 820. The lowest BCUT2D eigenvalue weighted by molar-refractivity contribution is -0.141. The Morgan fingerprint density at radius 1 is 1.03 bits per heavy atom. The van der Waals surface area contributed by atoms with Crippen LogP contribution in [0.5, 0.6) is 0 Å². The van der Waals surface area contributed by atoms with Gasteiger partial charge in [-0.05, 0) is 49.9 Å². The molecule has 0 heterocycles. The summed E-state index contributed by atoms with van der Waals surface area (Å²) in [5.74, 6) is -0.622. The van der Waals surface area contributed by atoms with Crippen molar-refractivity contribution in [3.05, 3.63) is 71.0 Å². The van der Waals surface area contributed by atoms with Crippen LogP contribution in [0, 0.1) is 12.7 Å². The zero-order valence-corrected chi connectivity index (χ0v) is 17.7. The Morgan fingerprint density at radius 3 is 2.31 bits per heavy atom. The Kier molecular flexibility index (Phi) is 8.37. The molecule has 0 saturated heterocycles. The van der Waals surface area contributed by atoms with E-state index in [-0.39, 0.29) is 30.1 Å². The van der Waals surface area contributed by atoms with Crippen molar-refractivity contribution < 1.29 is 14.0 Å². The molecular formula is C24H31FN2O2. The van der Waals surface area contributed by atoms with Crippen LogP contribution in [0.2, 0.25) is 0 Å². The molecule has 0 aromatic heterocycles. The molecule has 2 rings (SSSR count). The predicted octanol–water partition coefficient (Wildman–Crippen LogP) is 4.40. The molecule has 2 aromatic carbocycles. The quantitative estimate of drug-likeness (QED) is 0.681. The van der Waals surface area contributed by atoms with Crippen LogP contribution in [0.25, 0.3) is 0 Å². The second kappa shape index (κ2) is 10.7. The number of carbonyl (C=O) groups excluding carboxylic acids is 2. The molecule has 2 aromatic rings. The Hall–Kier alpha value is -2.69. The van der Waals surface area contributed by atoms with Crippen LogP contribution in [-0.2, 0) is 22.6 Å². The first-order valence-corrected chi connectivity index (χ1v) is 10.2. The number of benzene rings is 2. The fourth-order valence-corrected chi connectivity index (χ4v) is 3.25. The maximum Gasteiger partial charge on any atom is 0.243 e. The van der Waals surface area contributed by atoms with Gasteiger partial charge in [0.2, 0.25) is 11.8 Å². The summed E-state index contributed by atoms with van der Waals surface area (Å²) in [5.41, 5.74) is 2.81.